The molecule has 3 aromatic rings. The number of carbonyl (C=O) groups is 1. The van der Waals surface area contributed by atoms with Crippen LogP contribution in [0.15, 0.2) is 42.5 Å². The molecule has 1 aromatic heterocycles. The van der Waals surface area contributed by atoms with Crippen molar-refractivity contribution in [2.45, 2.75) is 12.3 Å². The van der Waals surface area contributed by atoms with Crippen LogP contribution in [0.2, 0.25) is 0 Å². The minimum Gasteiger partial charge on any atom is -0.497 e. The summed E-state index contributed by atoms with van der Waals surface area (Å²) in [5.41, 5.74) is 1.95. The first kappa shape index (κ1) is 17.2. The summed E-state index contributed by atoms with van der Waals surface area (Å²) in [5.74, 6) is 2.17. The summed E-state index contributed by atoms with van der Waals surface area (Å²) >= 11 is 3.13. The molecule has 1 aliphatic heterocycles. The Labute approximate surface area is 159 Å². The molecule has 0 bridgehead atoms. The first-order valence-corrected chi connectivity index (χ1v) is 10.2. The van der Waals surface area contributed by atoms with Crippen LogP contribution in [0, 0.1) is 0 Å². The van der Waals surface area contributed by atoms with Gasteiger partial charge in [-0.25, -0.2) is 4.98 Å². The average Bonchev–Trinajstić information content (AvgIpc) is 3.24. The smallest absolute Gasteiger partial charge is 0.240 e. The summed E-state index contributed by atoms with van der Waals surface area (Å²) in [6.07, 6.45) is 0. The maximum atomic E-state index is 12.6. The predicted octanol–water partition coefficient (Wildman–Crippen LogP) is 4.48. The number of amides is 1. The van der Waals surface area contributed by atoms with Crippen LogP contribution >= 0.6 is 23.1 Å². The number of carbonyl (C=O) groups excluding carboxylic acids is 1. The number of ether oxygens (including phenoxy) is 2. The molecule has 1 saturated heterocycles. The average molecular weight is 386 g/mol. The van der Waals surface area contributed by atoms with Crippen molar-refractivity contribution in [3.8, 4) is 11.5 Å². The Morgan fingerprint density at radius 3 is 2.69 bits per heavy atom. The highest BCUT2D eigenvalue weighted by Crippen LogP contribution is 2.44. The third-order valence-electron chi connectivity index (χ3n) is 4.13. The Hall–Kier alpha value is -2.25. The fourth-order valence-corrected chi connectivity index (χ4v) is 5.16. The second kappa shape index (κ2) is 7.17. The maximum Gasteiger partial charge on any atom is 0.240 e. The van der Waals surface area contributed by atoms with E-state index in [1.165, 1.54) is 11.3 Å². The third kappa shape index (κ3) is 3.12. The number of rotatable bonds is 5. The van der Waals surface area contributed by atoms with Gasteiger partial charge in [-0.05, 0) is 42.8 Å². The van der Waals surface area contributed by atoms with Gasteiger partial charge in [0.2, 0.25) is 5.91 Å². The van der Waals surface area contributed by atoms with Gasteiger partial charge < -0.3 is 9.47 Å². The van der Waals surface area contributed by atoms with Crippen LogP contribution in [0.5, 0.6) is 11.5 Å². The molecule has 0 spiro atoms. The molecule has 1 fully saturated rings. The Bertz CT molecular complexity index is 940. The zero-order valence-corrected chi connectivity index (χ0v) is 16.1. The van der Waals surface area contributed by atoms with E-state index in [2.05, 4.69) is 4.98 Å². The monoisotopic (exact) mass is 386 g/mol. The molecule has 1 unspecified atom stereocenters. The maximum absolute atomic E-state index is 12.6. The number of benzene rings is 2. The number of hydrogen-bond donors (Lipinski definition) is 0. The SMILES string of the molecule is CCOc1ccc(C2SCC(=O)N2c2nc3ccc(OC)cc3s2)cc1. The van der Waals surface area contributed by atoms with Crippen molar-refractivity contribution in [3.63, 3.8) is 0 Å². The lowest BCUT2D eigenvalue weighted by atomic mass is 10.2. The van der Waals surface area contributed by atoms with Crippen molar-refractivity contribution in [1.82, 2.24) is 4.98 Å². The lowest BCUT2D eigenvalue weighted by Crippen LogP contribution is -2.27. The quantitative estimate of drug-likeness (QED) is 0.647. The minimum atomic E-state index is -0.0689. The van der Waals surface area contributed by atoms with Gasteiger partial charge in [0.25, 0.3) is 0 Å². The molecule has 1 atom stereocenters. The van der Waals surface area contributed by atoms with Crippen LogP contribution in [0.3, 0.4) is 0 Å². The van der Waals surface area contributed by atoms with Gasteiger partial charge in [0.15, 0.2) is 5.13 Å². The third-order valence-corrected chi connectivity index (χ3v) is 6.36. The molecule has 5 nitrogen and oxygen atoms in total. The predicted molar refractivity (Wildman–Crippen MR) is 106 cm³/mol. The number of fused-ring (bicyclic) bond motifs is 1. The Morgan fingerprint density at radius 2 is 1.96 bits per heavy atom. The van der Waals surface area contributed by atoms with E-state index in [0.29, 0.717) is 12.4 Å². The molecule has 0 saturated carbocycles. The number of anilines is 1. The highest BCUT2D eigenvalue weighted by Gasteiger charge is 2.36. The van der Waals surface area contributed by atoms with Crippen LogP contribution in [0.25, 0.3) is 10.2 Å². The number of aromatic nitrogens is 1. The number of thiazole rings is 1. The number of thioether (sulfide) groups is 1. The summed E-state index contributed by atoms with van der Waals surface area (Å²) in [6, 6.07) is 13.7. The van der Waals surface area contributed by atoms with Crippen molar-refractivity contribution < 1.29 is 14.3 Å². The van der Waals surface area contributed by atoms with Crippen molar-refractivity contribution in [3.05, 3.63) is 48.0 Å². The summed E-state index contributed by atoms with van der Waals surface area (Å²) < 4.78 is 11.8. The topological polar surface area (TPSA) is 51.7 Å². The van der Waals surface area contributed by atoms with E-state index in [4.69, 9.17) is 9.47 Å². The van der Waals surface area contributed by atoms with E-state index in [1.54, 1.807) is 23.8 Å². The van der Waals surface area contributed by atoms with Crippen LogP contribution in [0.4, 0.5) is 5.13 Å². The van der Waals surface area contributed by atoms with Crippen molar-refractivity contribution in [1.29, 1.82) is 0 Å². The van der Waals surface area contributed by atoms with Crippen molar-refractivity contribution in [2.75, 3.05) is 24.4 Å². The first-order chi connectivity index (χ1) is 12.7. The van der Waals surface area contributed by atoms with E-state index in [-0.39, 0.29) is 11.3 Å². The summed E-state index contributed by atoms with van der Waals surface area (Å²) in [6.45, 7) is 2.60. The van der Waals surface area contributed by atoms with E-state index in [1.807, 2.05) is 49.4 Å². The highest BCUT2D eigenvalue weighted by atomic mass is 32.2. The van der Waals surface area contributed by atoms with Gasteiger partial charge >= 0.3 is 0 Å². The summed E-state index contributed by atoms with van der Waals surface area (Å²) in [4.78, 5) is 19.0. The molecule has 1 aliphatic rings. The van der Waals surface area contributed by atoms with Gasteiger partial charge in [-0.2, -0.15) is 0 Å². The van der Waals surface area contributed by atoms with Gasteiger partial charge in [0.1, 0.15) is 16.9 Å². The number of hydrogen-bond acceptors (Lipinski definition) is 6. The van der Waals surface area contributed by atoms with Gasteiger partial charge in [-0.1, -0.05) is 23.5 Å². The second-order valence-corrected chi connectivity index (χ2v) is 7.84. The molecule has 4 rings (SSSR count). The van der Waals surface area contributed by atoms with Gasteiger partial charge in [-0.15, -0.1) is 11.8 Å². The fraction of sp³-hybridized carbons (Fsp3) is 0.263. The molecular weight excluding hydrogens is 368 g/mol. The molecule has 2 heterocycles. The lowest BCUT2D eigenvalue weighted by Gasteiger charge is -2.21. The van der Waals surface area contributed by atoms with E-state index in [0.717, 1.165) is 32.4 Å². The van der Waals surface area contributed by atoms with Crippen LogP contribution < -0.4 is 14.4 Å². The minimum absolute atomic E-state index is 0.0689. The van der Waals surface area contributed by atoms with Gasteiger partial charge in [0, 0.05) is 0 Å². The standard InChI is InChI=1S/C19H18N2O3S2/c1-3-24-13-6-4-12(5-7-13)18-21(17(22)11-25-18)19-20-15-9-8-14(23-2)10-16(15)26-19/h4-10,18H,3,11H2,1-2H3. The molecule has 0 radical (unpaired) electrons. The van der Waals surface area contributed by atoms with Gasteiger partial charge in [0.05, 0.1) is 29.7 Å². The van der Waals surface area contributed by atoms with E-state index < -0.39 is 0 Å². The van der Waals surface area contributed by atoms with Crippen LogP contribution in [-0.2, 0) is 4.79 Å². The Morgan fingerprint density at radius 1 is 1.19 bits per heavy atom. The second-order valence-electron chi connectivity index (χ2n) is 5.76. The molecule has 2 aromatic carbocycles. The van der Waals surface area contributed by atoms with Crippen molar-refractivity contribution in [2.24, 2.45) is 0 Å². The number of methoxy groups -OCH3 is 1. The highest BCUT2D eigenvalue weighted by molar-refractivity contribution is 8.00. The van der Waals surface area contributed by atoms with Crippen LogP contribution in [0.1, 0.15) is 17.9 Å². The lowest BCUT2D eigenvalue weighted by molar-refractivity contribution is -0.115. The van der Waals surface area contributed by atoms with Crippen LogP contribution in [-0.4, -0.2) is 30.4 Å². The summed E-state index contributed by atoms with van der Waals surface area (Å²) in [5, 5.41) is 0.655. The fourth-order valence-electron chi connectivity index (χ4n) is 2.90. The van der Waals surface area contributed by atoms with E-state index in [9.17, 15) is 4.79 Å². The molecule has 134 valence electrons. The largest absolute Gasteiger partial charge is 0.497 e. The summed E-state index contributed by atoms with van der Waals surface area (Å²) in [7, 11) is 1.64. The Kier molecular flexibility index (Phi) is 4.74. The van der Waals surface area contributed by atoms with Gasteiger partial charge in [-0.3, -0.25) is 9.69 Å². The Balaban J connectivity index is 1.68. The molecule has 7 heteroatoms. The van der Waals surface area contributed by atoms with E-state index >= 15 is 0 Å². The first-order valence-electron chi connectivity index (χ1n) is 8.30. The molecular formula is C19H18N2O3S2. The number of nitrogens with zero attached hydrogens (tertiary/aromatic N) is 2. The molecule has 0 N–H and O–H groups in total. The van der Waals surface area contributed by atoms with Crippen molar-refractivity contribution >= 4 is 44.4 Å². The molecule has 1 amide bonds. The molecule has 0 aliphatic carbocycles. The normalized spacial score (nSPS) is 17.1. The zero-order chi connectivity index (χ0) is 18.1. The zero-order valence-electron chi connectivity index (χ0n) is 14.5. The molecule has 26 heavy (non-hydrogen) atoms.